The zero-order valence-electron chi connectivity index (χ0n) is 15.6. The Balaban J connectivity index is 1.52. The third-order valence-electron chi connectivity index (χ3n) is 4.25. The van der Waals surface area contributed by atoms with Gasteiger partial charge in [0.1, 0.15) is 17.3 Å². The number of hydrogen-bond acceptors (Lipinski definition) is 3. The summed E-state index contributed by atoms with van der Waals surface area (Å²) in [6.07, 6.45) is 3.31. The van der Waals surface area contributed by atoms with Crippen LogP contribution in [0.2, 0.25) is 0 Å². The lowest BCUT2D eigenvalue weighted by molar-refractivity contribution is -0.111. The smallest absolute Gasteiger partial charge is 0.256 e. The number of carbonyl (C=O) groups excluding carboxylic acids is 1. The molecule has 0 atom stereocenters. The van der Waals surface area contributed by atoms with Gasteiger partial charge in [-0.3, -0.25) is 4.79 Å². The van der Waals surface area contributed by atoms with E-state index >= 15 is 0 Å². The second kappa shape index (κ2) is 8.76. The number of ether oxygens (including phenoxy) is 1. The summed E-state index contributed by atoms with van der Waals surface area (Å²) in [4.78, 5) is 13.0. The van der Waals surface area contributed by atoms with Crippen molar-refractivity contribution in [2.45, 2.75) is 0 Å². The number of para-hydroxylation sites is 1. The van der Waals surface area contributed by atoms with Crippen LogP contribution < -0.4 is 10.1 Å². The molecule has 0 bridgehead atoms. The van der Waals surface area contributed by atoms with Crippen molar-refractivity contribution in [3.05, 3.63) is 115 Å². The molecule has 0 aliphatic heterocycles. The second-order valence-corrected chi connectivity index (χ2v) is 6.33. The molecule has 4 heteroatoms. The predicted molar refractivity (Wildman–Crippen MR) is 115 cm³/mol. The molecule has 0 radical (unpaired) electrons. The molecule has 0 saturated heterocycles. The van der Waals surface area contributed by atoms with Gasteiger partial charge in [0, 0.05) is 5.69 Å². The Morgan fingerprint density at radius 1 is 0.759 bits per heavy atom. The molecule has 1 amide bonds. The molecule has 0 unspecified atom stereocenters. The van der Waals surface area contributed by atoms with Crippen LogP contribution in [0.3, 0.4) is 0 Å². The van der Waals surface area contributed by atoms with Gasteiger partial charge in [0.25, 0.3) is 5.91 Å². The second-order valence-electron chi connectivity index (χ2n) is 6.33. The molecule has 0 fully saturated rings. The van der Waals surface area contributed by atoms with E-state index in [4.69, 9.17) is 9.15 Å². The molecule has 0 aliphatic carbocycles. The van der Waals surface area contributed by atoms with Gasteiger partial charge in [0.2, 0.25) is 0 Å². The van der Waals surface area contributed by atoms with E-state index in [0.29, 0.717) is 22.8 Å². The van der Waals surface area contributed by atoms with Gasteiger partial charge >= 0.3 is 0 Å². The van der Waals surface area contributed by atoms with E-state index in [1.54, 1.807) is 18.4 Å². The zero-order valence-corrected chi connectivity index (χ0v) is 15.6. The van der Waals surface area contributed by atoms with Crippen molar-refractivity contribution in [2.75, 3.05) is 5.32 Å². The Morgan fingerprint density at radius 3 is 2.07 bits per heavy atom. The van der Waals surface area contributed by atoms with Crippen LogP contribution in [0.4, 0.5) is 5.69 Å². The highest BCUT2D eigenvalue weighted by atomic mass is 16.5. The standard InChI is InChI=1S/C25H19NO3/c27-25(24(18-23-12-7-17-28-23)19-8-3-1-4-9-19)26-20-13-15-22(16-14-20)29-21-10-5-2-6-11-21/h1-18H,(H,26,27). The maximum absolute atomic E-state index is 13.0. The van der Waals surface area contributed by atoms with E-state index in [9.17, 15) is 4.79 Å². The van der Waals surface area contributed by atoms with Gasteiger partial charge in [0.15, 0.2) is 0 Å². The van der Waals surface area contributed by atoms with Crippen molar-refractivity contribution in [3.8, 4) is 11.5 Å². The van der Waals surface area contributed by atoms with E-state index in [1.165, 1.54) is 0 Å². The minimum Gasteiger partial charge on any atom is -0.465 e. The van der Waals surface area contributed by atoms with Crippen LogP contribution in [0.25, 0.3) is 11.6 Å². The molecule has 4 nitrogen and oxygen atoms in total. The monoisotopic (exact) mass is 381 g/mol. The first-order valence-corrected chi connectivity index (χ1v) is 9.23. The van der Waals surface area contributed by atoms with Crippen LogP contribution in [-0.2, 0) is 4.79 Å². The minimum absolute atomic E-state index is 0.218. The van der Waals surface area contributed by atoms with Crippen molar-refractivity contribution in [1.29, 1.82) is 0 Å². The highest BCUT2D eigenvalue weighted by molar-refractivity contribution is 6.29. The van der Waals surface area contributed by atoms with Crippen molar-refractivity contribution in [2.24, 2.45) is 0 Å². The van der Waals surface area contributed by atoms with E-state index in [2.05, 4.69) is 5.32 Å². The molecule has 1 heterocycles. The Hall–Kier alpha value is -4.05. The summed E-state index contributed by atoms with van der Waals surface area (Å²) in [5, 5.41) is 2.94. The lowest BCUT2D eigenvalue weighted by atomic mass is 10.0. The summed E-state index contributed by atoms with van der Waals surface area (Å²) in [5.41, 5.74) is 2.01. The summed E-state index contributed by atoms with van der Waals surface area (Å²) in [6, 6.07) is 29.9. The van der Waals surface area contributed by atoms with Crippen molar-refractivity contribution in [3.63, 3.8) is 0 Å². The van der Waals surface area contributed by atoms with Gasteiger partial charge in [-0.05, 0) is 60.2 Å². The lowest BCUT2D eigenvalue weighted by Crippen LogP contribution is -2.13. The normalized spacial score (nSPS) is 11.1. The third kappa shape index (κ3) is 4.82. The summed E-state index contributed by atoms with van der Waals surface area (Å²) in [5.74, 6) is 1.86. The molecular formula is C25H19NO3. The van der Waals surface area contributed by atoms with E-state index in [0.717, 1.165) is 11.3 Å². The maximum atomic E-state index is 13.0. The number of nitrogens with one attached hydrogen (secondary N) is 1. The summed E-state index contributed by atoms with van der Waals surface area (Å²) < 4.78 is 11.2. The molecule has 142 valence electrons. The number of amides is 1. The van der Waals surface area contributed by atoms with Gasteiger partial charge < -0.3 is 14.5 Å². The number of benzene rings is 3. The first kappa shape index (κ1) is 18.3. The summed E-state index contributed by atoms with van der Waals surface area (Å²) in [7, 11) is 0. The summed E-state index contributed by atoms with van der Waals surface area (Å²) >= 11 is 0. The topological polar surface area (TPSA) is 51.5 Å². The molecule has 4 rings (SSSR count). The highest BCUT2D eigenvalue weighted by Gasteiger charge is 2.13. The van der Waals surface area contributed by atoms with Gasteiger partial charge in [0.05, 0.1) is 11.8 Å². The Kier molecular flexibility index (Phi) is 5.53. The van der Waals surface area contributed by atoms with Crippen LogP contribution in [-0.4, -0.2) is 5.91 Å². The zero-order chi connectivity index (χ0) is 19.9. The van der Waals surface area contributed by atoms with Gasteiger partial charge in [-0.25, -0.2) is 0 Å². The molecule has 0 saturated carbocycles. The van der Waals surface area contributed by atoms with Crippen LogP contribution in [0.1, 0.15) is 11.3 Å². The van der Waals surface area contributed by atoms with E-state index in [1.807, 2.05) is 91.0 Å². The van der Waals surface area contributed by atoms with Crippen LogP contribution in [0.5, 0.6) is 11.5 Å². The quantitative estimate of drug-likeness (QED) is 0.402. The fraction of sp³-hybridized carbons (Fsp3) is 0. The molecule has 29 heavy (non-hydrogen) atoms. The number of rotatable bonds is 6. The molecule has 4 aromatic rings. The highest BCUT2D eigenvalue weighted by Crippen LogP contribution is 2.24. The first-order valence-electron chi connectivity index (χ1n) is 9.23. The Labute approximate surface area is 169 Å². The van der Waals surface area contributed by atoms with E-state index < -0.39 is 0 Å². The number of hydrogen-bond donors (Lipinski definition) is 1. The minimum atomic E-state index is -0.218. The van der Waals surface area contributed by atoms with Crippen molar-refractivity contribution < 1.29 is 13.9 Å². The Bertz CT molecular complexity index is 1080. The van der Waals surface area contributed by atoms with Crippen molar-refractivity contribution in [1.82, 2.24) is 0 Å². The maximum Gasteiger partial charge on any atom is 0.256 e. The molecule has 0 aliphatic rings. The molecular weight excluding hydrogens is 362 g/mol. The largest absolute Gasteiger partial charge is 0.465 e. The fourth-order valence-corrected chi connectivity index (χ4v) is 2.84. The Morgan fingerprint density at radius 2 is 1.41 bits per heavy atom. The average Bonchev–Trinajstić information content (AvgIpc) is 3.28. The molecule has 0 spiro atoms. The van der Waals surface area contributed by atoms with Gasteiger partial charge in [-0.1, -0.05) is 48.5 Å². The van der Waals surface area contributed by atoms with Crippen LogP contribution >= 0.6 is 0 Å². The number of furan rings is 1. The molecule has 1 aromatic heterocycles. The van der Waals surface area contributed by atoms with E-state index in [-0.39, 0.29) is 5.91 Å². The van der Waals surface area contributed by atoms with Crippen LogP contribution in [0, 0.1) is 0 Å². The SMILES string of the molecule is O=C(Nc1ccc(Oc2ccccc2)cc1)C(=Cc1ccco1)c1ccccc1. The van der Waals surface area contributed by atoms with Gasteiger partial charge in [-0.2, -0.15) is 0 Å². The fourth-order valence-electron chi connectivity index (χ4n) is 2.84. The average molecular weight is 381 g/mol. The number of anilines is 1. The lowest BCUT2D eigenvalue weighted by Gasteiger charge is -2.10. The van der Waals surface area contributed by atoms with Gasteiger partial charge in [-0.15, -0.1) is 0 Å². The number of carbonyl (C=O) groups is 1. The summed E-state index contributed by atoms with van der Waals surface area (Å²) in [6.45, 7) is 0. The first-order chi connectivity index (χ1) is 14.3. The third-order valence-corrected chi connectivity index (χ3v) is 4.25. The molecule has 3 aromatic carbocycles. The predicted octanol–water partition coefficient (Wildman–Crippen LogP) is 6.25. The molecule has 1 N–H and O–H groups in total. The van der Waals surface area contributed by atoms with Crippen molar-refractivity contribution >= 4 is 23.2 Å². The van der Waals surface area contributed by atoms with Crippen LogP contribution in [0.15, 0.2) is 108 Å².